The van der Waals surface area contributed by atoms with Crippen LogP contribution in [0.2, 0.25) is 5.02 Å². The number of carbonyl (C=O) groups is 2. The van der Waals surface area contributed by atoms with Crippen molar-refractivity contribution in [3.05, 3.63) is 34.3 Å². The molecule has 1 unspecified atom stereocenters. The Kier molecular flexibility index (Phi) is 4.65. The Hall–Kier alpha value is -1.76. The van der Waals surface area contributed by atoms with Crippen molar-refractivity contribution in [1.29, 1.82) is 0 Å². The standard InChI is InChI=1S/C14H14ClF3N2O2/c1-20(13(22)10-5-6-11(21)19-10)7-8-3-2-4-9(12(8)15)14(16,17)18/h2-4,10H,5-7H2,1H3,(H,19,21). The van der Waals surface area contributed by atoms with Crippen molar-refractivity contribution in [2.75, 3.05) is 7.05 Å². The molecule has 22 heavy (non-hydrogen) atoms. The van der Waals surface area contributed by atoms with Gasteiger partial charge in [0.2, 0.25) is 11.8 Å². The van der Waals surface area contributed by atoms with E-state index in [9.17, 15) is 22.8 Å². The minimum absolute atomic E-state index is 0.0616. The van der Waals surface area contributed by atoms with Gasteiger partial charge in [-0.1, -0.05) is 23.7 Å². The lowest BCUT2D eigenvalue weighted by Crippen LogP contribution is -2.42. The number of benzene rings is 1. The summed E-state index contributed by atoms with van der Waals surface area (Å²) >= 11 is 5.80. The zero-order chi connectivity index (χ0) is 16.5. The Labute approximate surface area is 130 Å². The van der Waals surface area contributed by atoms with E-state index in [4.69, 9.17) is 11.6 Å². The zero-order valence-corrected chi connectivity index (χ0v) is 12.5. The number of hydrogen-bond donors (Lipinski definition) is 1. The molecule has 1 N–H and O–H groups in total. The number of alkyl halides is 3. The minimum atomic E-state index is -4.55. The average molecular weight is 335 g/mol. The smallest absolute Gasteiger partial charge is 0.344 e. The van der Waals surface area contributed by atoms with E-state index >= 15 is 0 Å². The summed E-state index contributed by atoms with van der Waals surface area (Å²) in [7, 11) is 1.46. The van der Waals surface area contributed by atoms with E-state index in [0.717, 1.165) is 6.07 Å². The topological polar surface area (TPSA) is 49.4 Å². The number of rotatable bonds is 3. The van der Waals surface area contributed by atoms with Crippen LogP contribution in [0.4, 0.5) is 13.2 Å². The number of nitrogens with zero attached hydrogens (tertiary/aromatic N) is 1. The van der Waals surface area contributed by atoms with E-state index in [1.807, 2.05) is 0 Å². The molecule has 0 spiro atoms. The van der Waals surface area contributed by atoms with Crippen LogP contribution >= 0.6 is 11.6 Å². The number of hydrogen-bond acceptors (Lipinski definition) is 2. The van der Waals surface area contributed by atoms with Crippen molar-refractivity contribution in [2.45, 2.75) is 31.6 Å². The van der Waals surface area contributed by atoms with Crippen LogP contribution in [0.5, 0.6) is 0 Å². The summed E-state index contributed by atoms with van der Waals surface area (Å²) in [5.74, 6) is -0.553. The predicted octanol–water partition coefficient (Wildman–Crippen LogP) is 2.60. The first-order valence-corrected chi connectivity index (χ1v) is 6.97. The van der Waals surface area contributed by atoms with Gasteiger partial charge in [0.25, 0.3) is 0 Å². The van der Waals surface area contributed by atoms with Gasteiger partial charge in [0.1, 0.15) is 6.04 Å². The van der Waals surface area contributed by atoms with Crippen LogP contribution in [0.3, 0.4) is 0 Å². The molecule has 0 aromatic heterocycles. The fourth-order valence-corrected chi connectivity index (χ4v) is 2.61. The van der Waals surface area contributed by atoms with Gasteiger partial charge in [-0.2, -0.15) is 13.2 Å². The van der Waals surface area contributed by atoms with Crippen molar-refractivity contribution in [1.82, 2.24) is 10.2 Å². The molecule has 0 saturated carbocycles. The number of nitrogens with one attached hydrogen (secondary N) is 1. The molecule has 1 aliphatic rings. The van der Waals surface area contributed by atoms with E-state index in [1.165, 1.54) is 24.1 Å². The van der Waals surface area contributed by atoms with E-state index < -0.39 is 22.8 Å². The first kappa shape index (κ1) is 16.6. The maximum absolute atomic E-state index is 12.8. The monoisotopic (exact) mass is 334 g/mol. The summed E-state index contributed by atoms with van der Waals surface area (Å²) in [6.07, 6.45) is -3.89. The fourth-order valence-electron chi connectivity index (χ4n) is 2.32. The Balaban J connectivity index is 2.13. The van der Waals surface area contributed by atoms with E-state index in [2.05, 4.69) is 5.32 Å². The molecule has 1 aliphatic heterocycles. The van der Waals surface area contributed by atoms with Gasteiger partial charge in [-0.25, -0.2) is 0 Å². The maximum Gasteiger partial charge on any atom is 0.417 e. The third-order valence-corrected chi connectivity index (χ3v) is 3.91. The quantitative estimate of drug-likeness (QED) is 0.923. The summed E-state index contributed by atoms with van der Waals surface area (Å²) in [5, 5.41) is 2.12. The Morgan fingerprint density at radius 3 is 2.68 bits per heavy atom. The Morgan fingerprint density at radius 1 is 1.45 bits per heavy atom. The maximum atomic E-state index is 12.8. The van der Waals surface area contributed by atoms with Gasteiger partial charge >= 0.3 is 6.18 Å². The summed E-state index contributed by atoms with van der Waals surface area (Å²) in [5.41, 5.74) is -0.724. The van der Waals surface area contributed by atoms with Crippen LogP contribution in [-0.4, -0.2) is 29.8 Å². The number of amides is 2. The second kappa shape index (κ2) is 6.16. The molecule has 0 aliphatic carbocycles. The van der Waals surface area contributed by atoms with Crippen LogP contribution in [-0.2, 0) is 22.3 Å². The number of halogens is 4. The first-order valence-electron chi connectivity index (χ1n) is 6.59. The summed E-state index contributed by atoms with van der Waals surface area (Å²) in [6.45, 7) is -0.0616. The molecule has 1 aromatic rings. The second-order valence-corrected chi connectivity index (χ2v) is 5.51. The van der Waals surface area contributed by atoms with Gasteiger partial charge in [-0.05, 0) is 18.1 Å². The highest BCUT2D eigenvalue weighted by molar-refractivity contribution is 6.32. The second-order valence-electron chi connectivity index (χ2n) is 5.13. The molecule has 0 bridgehead atoms. The highest BCUT2D eigenvalue weighted by Gasteiger charge is 2.34. The predicted molar refractivity (Wildman–Crippen MR) is 74.1 cm³/mol. The van der Waals surface area contributed by atoms with E-state index in [1.54, 1.807) is 0 Å². The van der Waals surface area contributed by atoms with Crippen molar-refractivity contribution >= 4 is 23.4 Å². The largest absolute Gasteiger partial charge is 0.417 e. The number of carbonyl (C=O) groups excluding carboxylic acids is 2. The van der Waals surface area contributed by atoms with Gasteiger partial charge < -0.3 is 10.2 Å². The van der Waals surface area contributed by atoms with Crippen molar-refractivity contribution in [3.8, 4) is 0 Å². The molecule has 1 fully saturated rings. The molecular weight excluding hydrogens is 321 g/mol. The Morgan fingerprint density at radius 2 is 2.14 bits per heavy atom. The normalized spacial score (nSPS) is 18.2. The molecular formula is C14H14ClF3N2O2. The van der Waals surface area contributed by atoms with Crippen LogP contribution < -0.4 is 5.32 Å². The first-order chi connectivity index (χ1) is 10.2. The summed E-state index contributed by atoms with van der Waals surface area (Å²) in [6, 6.07) is 2.96. The van der Waals surface area contributed by atoms with Crippen LogP contribution in [0.1, 0.15) is 24.0 Å². The molecule has 1 saturated heterocycles. The van der Waals surface area contributed by atoms with Gasteiger partial charge in [0.05, 0.1) is 10.6 Å². The van der Waals surface area contributed by atoms with Crippen LogP contribution in [0.15, 0.2) is 18.2 Å². The molecule has 4 nitrogen and oxygen atoms in total. The van der Waals surface area contributed by atoms with Crippen LogP contribution in [0, 0.1) is 0 Å². The summed E-state index contributed by atoms with van der Waals surface area (Å²) in [4.78, 5) is 24.5. The summed E-state index contributed by atoms with van der Waals surface area (Å²) < 4.78 is 38.4. The molecule has 1 heterocycles. The molecule has 1 aromatic carbocycles. The fraction of sp³-hybridized carbons (Fsp3) is 0.429. The molecule has 2 amide bonds. The number of likely N-dealkylation sites (N-methyl/N-ethyl adjacent to an activating group) is 1. The highest BCUT2D eigenvalue weighted by atomic mass is 35.5. The Bertz CT molecular complexity index is 604. The third kappa shape index (κ3) is 3.52. The van der Waals surface area contributed by atoms with Gasteiger partial charge in [0, 0.05) is 20.0 Å². The molecule has 1 atom stereocenters. The van der Waals surface area contributed by atoms with Crippen molar-refractivity contribution in [2.24, 2.45) is 0 Å². The lowest BCUT2D eigenvalue weighted by atomic mass is 10.1. The molecule has 0 radical (unpaired) electrons. The van der Waals surface area contributed by atoms with E-state index in [0.29, 0.717) is 6.42 Å². The van der Waals surface area contributed by atoms with Gasteiger partial charge in [0.15, 0.2) is 0 Å². The minimum Gasteiger partial charge on any atom is -0.344 e. The molecule has 8 heteroatoms. The average Bonchev–Trinajstić information content (AvgIpc) is 2.85. The highest BCUT2D eigenvalue weighted by Crippen LogP contribution is 2.36. The molecule has 120 valence electrons. The SMILES string of the molecule is CN(Cc1cccc(C(F)(F)F)c1Cl)C(=O)C1CCC(=O)N1. The lowest BCUT2D eigenvalue weighted by Gasteiger charge is -2.22. The van der Waals surface area contributed by atoms with E-state index in [-0.39, 0.29) is 30.3 Å². The lowest BCUT2D eigenvalue weighted by molar-refractivity contribution is -0.137. The van der Waals surface area contributed by atoms with Gasteiger partial charge in [-0.15, -0.1) is 0 Å². The van der Waals surface area contributed by atoms with Crippen molar-refractivity contribution < 1.29 is 22.8 Å². The zero-order valence-electron chi connectivity index (χ0n) is 11.7. The van der Waals surface area contributed by atoms with Crippen molar-refractivity contribution in [3.63, 3.8) is 0 Å². The molecule has 2 rings (SSSR count). The van der Waals surface area contributed by atoms with Gasteiger partial charge in [-0.3, -0.25) is 9.59 Å². The van der Waals surface area contributed by atoms with Crippen LogP contribution in [0.25, 0.3) is 0 Å². The third-order valence-electron chi connectivity index (χ3n) is 3.46.